The molecule has 5 heteroatoms. The predicted octanol–water partition coefficient (Wildman–Crippen LogP) is 1.66. The van der Waals surface area contributed by atoms with Crippen molar-refractivity contribution in [3.63, 3.8) is 0 Å². The maximum atomic E-state index is 12.7. The molecule has 0 saturated carbocycles. The van der Waals surface area contributed by atoms with E-state index in [1.54, 1.807) is 17.9 Å². The van der Waals surface area contributed by atoms with Crippen LogP contribution in [0.5, 0.6) is 0 Å². The van der Waals surface area contributed by atoms with Crippen LogP contribution in [-0.2, 0) is 0 Å². The molecule has 2 aromatic rings. The number of hydrogen-bond acceptors (Lipinski definition) is 4. The number of benzene rings is 1. The number of amides is 1. The number of pyridine rings is 1. The third-order valence-corrected chi connectivity index (χ3v) is 4.16. The fourth-order valence-electron chi connectivity index (χ4n) is 2.91. The maximum Gasteiger partial charge on any atom is 0.254 e. The van der Waals surface area contributed by atoms with Crippen LogP contribution in [0.3, 0.4) is 0 Å². The summed E-state index contributed by atoms with van der Waals surface area (Å²) in [5.74, 6) is 0.464. The van der Waals surface area contributed by atoms with Crippen molar-refractivity contribution in [1.29, 1.82) is 0 Å². The van der Waals surface area contributed by atoms with Crippen molar-refractivity contribution in [3.05, 3.63) is 35.9 Å². The lowest BCUT2D eigenvalue weighted by molar-refractivity contribution is 0.0764. The van der Waals surface area contributed by atoms with Crippen molar-refractivity contribution in [2.75, 3.05) is 18.8 Å². The summed E-state index contributed by atoms with van der Waals surface area (Å²) in [6.45, 7) is 3.04. The van der Waals surface area contributed by atoms with E-state index >= 15 is 0 Å². The first-order chi connectivity index (χ1) is 10.1. The lowest BCUT2D eigenvalue weighted by atomic mass is 10.0. The molecule has 3 N–H and O–H groups in total. The van der Waals surface area contributed by atoms with E-state index in [4.69, 9.17) is 5.73 Å². The van der Waals surface area contributed by atoms with E-state index in [2.05, 4.69) is 4.98 Å². The van der Waals surface area contributed by atoms with Gasteiger partial charge in [0.1, 0.15) is 5.82 Å². The minimum Gasteiger partial charge on any atom is -0.393 e. The van der Waals surface area contributed by atoms with Crippen LogP contribution in [0.4, 0.5) is 5.82 Å². The molecule has 1 fully saturated rings. The molecule has 0 aliphatic carbocycles. The Labute approximate surface area is 123 Å². The first-order valence-corrected chi connectivity index (χ1v) is 7.19. The predicted molar refractivity (Wildman–Crippen MR) is 81.8 cm³/mol. The molecule has 1 aromatic carbocycles. The van der Waals surface area contributed by atoms with Crippen LogP contribution in [-0.4, -0.2) is 40.1 Å². The van der Waals surface area contributed by atoms with Gasteiger partial charge in [-0.1, -0.05) is 18.2 Å². The maximum absolute atomic E-state index is 12.7. The molecule has 2 heterocycles. The van der Waals surface area contributed by atoms with Crippen LogP contribution in [0, 0.1) is 5.92 Å². The van der Waals surface area contributed by atoms with Gasteiger partial charge in [0.05, 0.1) is 17.2 Å². The van der Waals surface area contributed by atoms with Crippen LogP contribution in [0.2, 0.25) is 0 Å². The number of nitrogens with zero attached hydrogens (tertiary/aromatic N) is 2. The van der Waals surface area contributed by atoms with Gasteiger partial charge in [-0.3, -0.25) is 4.79 Å². The molecule has 5 nitrogen and oxygen atoms in total. The summed E-state index contributed by atoms with van der Waals surface area (Å²) in [7, 11) is 0. The Morgan fingerprint density at radius 3 is 2.95 bits per heavy atom. The Morgan fingerprint density at radius 1 is 1.48 bits per heavy atom. The number of rotatable bonds is 2. The van der Waals surface area contributed by atoms with Crippen molar-refractivity contribution < 1.29 is 9.90 Å². The van der Waals surface area contributed by atoms with Crippen LogP contribution in [0.25, 0.3) is 10.9 Å². The molecule has 0 spiro atoms. The number of carbonyl (C=O) groups excluding carboxylic acids is 1. The number of nitrogen functional groups attached to an aromatic ring is 1. The normalized spacial score (nSPS) is 19.9. The number of fused-ring (bicyclic) bond motifs is 1. The van der Waals surface area contributed by atoms with Crippen molar-refractivity contribution in [2.24, 2.45) is 5.92 Å². The number of aliphatic hydroxyl groups is 1. The second-order valence-corrected chi connectivity index (χ2v) is 5.65. The first-order valence-electron chi connectivity index (χ1n) is 7.19. The molecule has 21 heavy (non-hydrogen) atoms. The second kappa shape index (κ2) is 5.33. The number of hydrogen-bond donors (Lipinski definition) is 2. The summed E-state index contributed by atoms with van der Waals surface area (Å²) in [6.07, 6.45) is 0.448. The summed E-state index contributed by atoms with van der Waals surface area (Å²) in [4.78, 5) is 18.8. The third-order valence-electron chi connectivity index (χ3n) is 4.16. The minimum atomic E-state index is -0.387. The molecule has 1 aliphatic rings. The Hall–Kier alpha value is -2.14. The van der Waals surface area contributed by atoms with E-state index < -0.39 is 0 Å². The van der Waals surface area contributed by atoms with Crippen LogP contribution < -0.4 is 5.73 Å². The molecule has 1 aliphatic heterocycles. The molecule has 0 radical (unpaired) electrons. The Balaban J connectivity index is 1.95. The molecule has 110 valence electrons. The van der Waals surface area contributed by atoms with Gasteiger partial charge in [-0.25, -0.2) is 4.98 Å². The van der Waals surface area contributed by atoms with E-state index in [1.807, 2.05) is 24.3 Å². The van der Waals surface area contributed by atoms with E-state index in [9.17, 15) is 9.90 Å². The molecule has 2 atom stereocenters. The monoisotopic (exact) mass is 285 g/mol. The summed E-state index contributed by atoms with van der Waals surface area (Å²) in [6, 6.07) is 9.14. The van der Waals surface area contributed by atoms with E-state index in [-0.39, 0.29) is 17.9 Å². The standard InChI is InChI=1S/C16H19N3O2/c1-10(20)11-6-7-19(9-11)16(21)13-8-15(17)18-14-5-3-2-4-12(13)14/h2-5,8,10-11,20H,6-7,9H2,1H3,(H2,17,18). The molecule has 1 aromatic heterocycles. The number of carbonyl (C=O) groups is 1. The summed E-state index contributed by atoms with van der Waals surface area (Å²) < 4.78 is 0. The molecular weight excluding hydrogens is 266 g/mol. The van der Waals surface area contributed by atoms with Crippen molar-refractivity contribution in [1.82, 2.24) is 9.88 Å². The quantitative estimate of drug-likeness (QED) is 0.879. The molecule has 0 bridgehead atoms. The zero-order valence-electron chi connectivity index (χ0n) is 12.0. The fourth-order valence-corrected chi connectivity index (χ4v) is 2.91. The highest BCUT2D eigenvalue weighted by molar-refractivity contribution is 6.06. The topological polar surface area (TPSA) is 79.5 Å². The lowest BCUT2D eigenvalue weighted by Crippen LogP contribution is -2.30. The molecule has 2 unspecified atom stereocenters. The van der Waals surface area contributed by atoms with E-state index in [0.717, 1.165) is 17.3 Å². The van der Waals surface area contributed by atoms with Gasteiger partial charge in [0.15, 0.2) is 0 Å². The molecule has 1 saturated heterocycles. The van der Waals surface area contributed by atoms with Gasteiger partial charge in [-0.2, -0.15) is 0 Å². The highest BCUT2D eigenvalue weighted by Gasteiger charge is 2.30. The fraction of sp³-hybridized carbons (Fsp3) is 0.375. The summed E-state index contributed by atoms with van der Waals surface area (Å²) >= 11 is 0. The van der Waals surface area contributed by atoms with Crippen LogP contribution in [0.15, 0.2) is 30.3 Å². The zero-order valence-corrected chi connectivity index (χ0v) is 12.0. The van der Waals surface area contributed by atoms with Gasteiger partial charge < -0.3 is 15.7 Å². The van der Waals surface area contributed by atoms with Crippen molar-refractivity contribution in [2.45, 2.75) is 19.4 Å². The van der Waals surface area contributed by atoms with Crippen LogP contribution in [0.1, 0.15) is 23.7 Å². The van der Waals surface area contributed by atoms with Crippen molar-refractivity contribution >= 4 is 22.6 Å². The third kappa shape index (κ3) is 2.56. The van der Waals surface area contributed by atoms with E-state index in [0.29, 0.717) is 24.5 Å². The smallest absolute Gasteiger partial charge is 0.254 e. The summed E-state index contributed by atoms with van der Waals surface area (Å²) in [5, 5.41) is 10.5. The van der Waals surface area contributed by atoms with Gasteiger partial charge in [-0.15, -0.1) is 0 Å². The minimum absolute atomic E-state index is 0.0385. The number of para-hydroxylation sites is 1. The highest BCUT2D eigenvalue weighted by atomic mass is 16.3. The number of likely N-dealkylation sites (tertiary alicyclic amines) is 1. The first kappa shape index (κ1) is 13.8. The number of nitrogens with two attached hydrogens (primary N) is 1. The van der Waals surface area contributed by atoms with E-state index in [1.165, 1.54) is 0 Å². The van der Waals surface area contributed by atoms with Gasteiger partial charge in [-0.05, 0) is 25.5 Å². The lowest BCUT2D eigenvalue weighted by Gasteiger charge is -2.19. The SMILES string of the molecule is CC(O)C1CCN(C(=O)c2cc(N)nc3ccccc23)C1. The van der Waals surface area contributed by atoms with Gasteiger partial charge in [0.25, 0.3) is 5.91 Å². The van der Waals surface area contributed by atoms with Gasteiger partial charge >= 0.3 is 0 Å². The van der Waals surface area contributed by atoms with Gasteiger partial charge in [0.2, 0.25) is 0 Å². The molecule has 3 rings (SSSR count). The largest absolute Gasteiger partial charge is 0.393 e. The summed E-state index contributed by atoms with van der Waals surface area (Å²) in [5.41, 5.74) is 7.13. The highest BCUT2D eigenvalue weighted by Crippen LogP contribution is 2.25. The Morgan fingerprint density at radius 2 is 2.24 bits per heavy atom. The second-order valence-electron chi connectivity index (χ2n) is 5.65. The van der Waals surface area contributed by atoms with Crippen molar-refractivity contribution in [3.8, 4) is 0 Å². The Kier molecular flexibility index (Phi) is 3.51. The van der Waals surface area contributed by atoms with Crippen LogP contribution >= 0.6 is 0 Å². The zero-order chi connectivity index (χ0) is 15.0. The number of aliphatic hydroxyl groups excluding tert-OH is 1. The molecular formula is C16H19N3O2. The van der Waals surface area contributed by atoms with Gasteiger partial charge in [0, 0.05) is 24.4 Å². The molecule has 1 amide bonds. The number of aromatic nitrogens is 1. The Bertz CT molecular complexity index is 684. The average molecular weight is 285 g/mol. The number of anilines is 1. The average Bonchev–Trinajstić information content (AvgIpc) is 2.95.